The van der Waals surface area contributed by atoms with Crippen molar-refractivity contribution in [2.75, 3.05) is 26.7 Å². The van der Waals surface area contributed by atoms with Crippen LogP contribution in [0.3, 0.4) is 0 Å². The lowest BCUT2D eigenvalue weighted by atomic mass is 9.94. The average Bonchev–Trinajstić information content (AvgIpc) is 2.96. The highest BCUT2D eigenvalue weighted by molar-refractivity contribution is 5.77. The molecule has 22 heavy (non-hydrogen) atoms. The van der Waals surface area contributed by atoms with E-state index in [9.17, 15) is 4.79 Å². The molecule has 1 aliphatic rings. The summed E-state index contributed by atoms with van der Waals surface area (Å²) in [5, 5.41) is 3.21. The Bertz CT molecular complexity index is 481. The third-order valence-corrected chi connectivity index (χ3v) is 4.78. The fourth-order valence-corrected chi connectivity index (χ4v) is 3.23. The summed E-state index contributed by atoms with van der Waals surface area (Å²) in [7, 11) is 1.98. The van der Waals surface area contributed by atoms with E-state index in [0.29, 0.717) is 24.2 Å². The summed E-state index contributed by atoms with van der Waals surface area (Å²) in [4.78, 5) is 14.5. The van der Waals surface area contributed by atoms with Crippen LogP contribution in [0.4, 0.5) is 0 Å². The smallest absolute Gasteiger partial charge is 0.223 e. The molecule has 1 saturated heterocycles. The van der Waals surface area contributed by atoms with Gasteiger partial charge in [-0.25, -0.2) is 0 Å². The van der Waals surface area contributed by atoms with Crippen molar-refractivity contribution in [2.24, 2.45) is 5.92 Å². The van der Waals surface area contributed by atoms with Crippen LogP contribution in [0.1, 0.15) is 56.6 Å². The molecule has 0 bridgehead atoms. The first-order valence-electron chi connectivity index (χ1n) is 8.53. The number of hydrogen-bond donors (Lipinski definition) is 1. The van der Waals surface area contributed by atoms with E-state index in [-0.39, 0.29) is 5.92 Å². The molecule has 1 aromatic carbocycles. The number of nitrogens with one attached hydrogen (secondary N) is 1. The number of amides is 1. The predicted octanol–water partition coefficient (Wildman–Crippen LogP) is 3.37. The van der Waals surface area contributed by atoms with Crippen LogP contribution in [0, 0.1) is 5.92 Å². The number of nitrogens with zero attached hydrogens (tertiary/aromatic N) is 1. The minimum atomic E-state index is 0.289. The second-order valence-electron chi connectivity index (χ2n) is 6.98. The molecule has 1 fully saturated rings. The first-order chi connectivity index (χ1) is 10.5. The summed E-state index contributed by atoms with van der Waals surface area (Å²) in [6.45, 7) is 9.41. The molecule has 0 spiro atoms. The SMILES string of the molecule is CNCC1CCN(C(=O)CC(C)c2ccc(C(C)C)cc2)C1. The minimum Gasteiger partial charge on any atom is -0.342 e. The molecule has 1 heterocycles. The summed E-state index contributed by atoms with van der Waals surface area (Å²) in [5.74, 6) is 1.77. The summed E-state index contributed by atoms with van der Waals surface area (Å²) in [5.41, 5.74) is 2.63. The summed E-state index contributed by atoms with van der Waals surface area (Å²) in [6.07, 6.45) is 1.75. The highest BCUT2D eigenvalue weighted by Crippen LogP contribution is 2.24. The lowest BCUT2D eigenvalue weighted by molar-refractivity contribution is -0.130. The van der Waals surface area contributed by atoms with E-state index in [4.69, 9.17) is 0 Å². The van der Waals surface area contributed by atoms with Gasteiger partial charge in [-0.15, -0.1) is 0 Å². The van der Waals surface area contributed by atoms with E-state index in [0.717, 1.165) is 26.1 Å². The largest absolute Gasteiger partial charge is 0.342 e. The summed E-state index contributed by atoms with van der Waals surface area (Å²) in [6, 6.07) is 8.75. The summed E-state index contributed by atoms with van der Waals surface area (Å²) >= 11 is 0. The molecule has 1 aromatic rings. The van der Waals surface area contributed by atoms with E-state index in [1.807, 2.05) is 11.9 Å². The third-order valence-electron chi connectivity index (χ3n) is 4.78. The van der Waals surface area contributed by atoms with Gasteiger partial charge in [0.1, 0.15) is 0 Å². The quantitative estimate of drug-likeness (QED) is 0.874. The molecule has 1 aliphatic heterocycles. The second-order valence-corrected chi connectivity index (χ2v) is 6.98. The molecule has 0 radical (unpaired) electrons. The van der Waals surface area contributed by atoms with Gasteiger partial charge in [0, 0.05) is 19.5 Å². The van der Waals surface area contributed by atoms with Crippen molar-refractivity contribution < 1.29 is 4.79 Å². The Morgan fingerprint density at radius 3 is 2.45 bits per heavy atom. The lowest BCUT2D eigenvalue weighted by Crippen LogP contribution is -2.31. The van der Waals surface area contributed by atoms with E-state index in [1.54, 1.807) is 0 Å². The van der Waals surface area contributed by atoms with Crippen molar-refractivity contribution in [2.45, 2.75) is 45.4 Å². The van der Waals surface area contributed by atoms with Gasteiger partial charge in [0.2, 0.25) is 5.91 Å². The monoisotopic (exact) mass is 302 g/mol. The highest BCUT2D eigenvalue weighted by Gasteiger charge is 2.26. The Morgan fingerprint density at radius 2 is 1.86 bits per heavy atom. The zero-order valence-corrected chi connectivity index (χ0v) is 14.4. The van der Waals surface area contributed by atoms with Crippen LogP contribution in [0.2, 0.25) is 0 Å². The molecule has 0 aromatic heterocycles. The van der Waals surface area contributed by atoms with E-state index < -0.39 is 0 Å². The van der Waals surface area contributed by atoms with Gasteiger partial charge in [-0.2, -0.15) is 0 Å². The molecular formula is C19H30N2O. The van der Waals surface area contributed by atoms with Crippen molar-refractivity contribution in [3.05, 3.63) is 35.4 Å². The standard InChI is InChI=1S/C19H30N2O/c1-14(2)17-5-7-18(8-6-17)15(3)11-19(22)21-10-9-16(13-21)12-20-4/h5-8,14-16,20H,9-13H2,1-4H3. The summed E-state index contributed by atoms with van der Waals surface area (Å²) < 4.78 is 0. The topological polar surface area (TPSA) is 32.3 Å². The number of likely N-dealkylation sites (tertiary alicyclic amines) is 1. The maximum absolute atomic E-state index is 12.5. The van der Waals surface area contributed by atoms with Crippen LogP contribution in [-0.4, -0.2) is 37.5 Å². The molecule has 1 amide bonds. The van der Waals surface area contributed by atoms with Crippen molar-refractivity contribution in [1.29, 1.82) is 0 Å². The van der Waals surface area contributed by atoms with Crippen LogP contribution < -0.4 is 5.32 Å². The zero-order valence-electron chi connectivity index (χ0n) is 14.4. The Hall–Kier alpha value is -1.35. The molecule has 3 nitrogen and oxygen atoms in total. The van der Waals surface area contributed by atoms with Gasteiger partial charge < -0.3 is 10.2 Å². The van der Waals surface area contributed by atoms with Gasteiger partial charge in [-0.3, -0.25) is 4.79 Å². The van der Waals surface area contributed by atoms with E-state index in [1.165, 1.54) is 11.1 Å². The van der Waals surface area contributed by atoms with E-state index >= 15 is 0 Å². The lowest BCUT2D eigenvalue weighted by Gasteiger charge is -2.20. The van der Waals surface area contributed by atoms with Gasteiger partial charge in [-0.05, 0) is 48.9 Å². The van der Waals surface area contributed by atoms with Crippen molar-refractivity contribution in [3.8, 4) is 0 Å². The first kappa shape index (κ1) is 17.0. The minimum absolute atomic E-state index is 0.289. The molecule has 0 saturated carbocycles. The van der Waals surface area contributed by atoms with Gasteiger partial charge in [-0.1, -0.05) is 45.0 Å². The Labute approximate surface area is 135 Å². The van der Waals surface area contributed by atoms with Crippen LogP contribution in [0.5, 0.6) is 0 Å². The molecule has 2 atom stereocenters. The fourth-order valence-electron chi connectivity index (χ4n) is 3.23. The Morgan fingerprint density at radius 1 is 1.23 bits per heavy atom. The molecule has 122 valence electrons. The number of carbonyl (C=O) groups is 1. The number of benzene rings is 1. The van der Waals surface area contributed by atoms with Crippen molar-refractivity contribution >= 4 is 5.91 Å². The Balaban J connectivity index is 1.88. The molecular weight excluding hydrogens is 272 g/mol. The maximum atomic E-state index is 12.5. The van der Waals surface area contributed by atoms with Gasteiger partial charge in [0.25, 0.3) is 0 Å². The molecule has 1 N–H and O–H groups in total. The maximum Gasteiger partial charge on any atom is 0.223 e. The van der Waals surface area contributed by atoms with Gasteiger partial charge in [0.05, 0.1) is 0 Å². The second kappa shape index (κ2) is 7.77. The normalized spacial score (nSPS) is 19.7. The average molecular weight is 302 g/mol. The predicted molar refractivity (Wildman–Crippen MR) is 92.2 cm³/mol. The first-order valence-corrected chi connectivity index (χ1v) is 8.53. The number of hydrogen-bond acceptors (Lipinski definition) is 2. The zero-order chi connectivity index (χ0) is 16.1. The Kier molecular flexibility index (Phi) is 6.01. The van der Waals surface area contributed by atoms with Gasteiger partial charge >= 0.3 is 0 Å². The highest BCUT2D eigenvalue weighted by atomic mass is 16.2. The molecule has 0 aliphatic carbocycles. The number of rotatable bonds is 6. The van der Waals surface area contributed by atoms with Crippen LogP contribution in [0.15, 0.2) is 24.3 Å². The van der Waals surface area contributed by atoms with Gasteiger partial charge in [0.15, 0.2) is 0 Å². The fraction of sp³-hybridized carbons (Fsp3) is 0.632. The van der Waals surface area contributed by atoms with E-state index in [2.05, 4.69) is 50.4 Å². The van der Waals surface area contributed by atoms with Crippen molar-refractivity contribution in [1.82, 2.24) is 10.2 Å². The molecule has 2 unspecified atom stereocenters. The third kappa shape index (κ3) is 4.33. The van der Waals surface area contributed by atoms with Crippen LogP contribution >= 0.6 is 0 Å². The van der Waals surface area contributed by atoms with Crippen LogP contribution in [0.25, 0.3) is 0 Å². The van der Waals surface area contributed by atoms with Crippen molar-refractivity contribution in [3.63, 3.8) is 0 Å². The number of carbonyl (C=O) groups excluding carboxylic acids is 1. The van der Waals surface area contributed by atoms with Crippen LogP contribution in [-0.2, 0) is 4.79 Å². The molecule has 3 heteroatoms. The molecule has 2 rings (SSSR count).